The summed E-state index contributed by atoms with van der Waals surface area (Å²) in [5.41, 5.74) is 2.33. The molecule has 0 fully saturated rings. The maximum absolute atomic E-state index is 3.26. The molecule has 0 aromatic heterocycles. The van der Waals surface area contributed by atoms with E-state index in [1.807, 2.05) is 12.2 Å². The first-order valence-electron chi connectivity index (χ1n) is 7.93. The van der Waals surface area contributed by atoms with Gasteiger partial charge < -0.3 is 0 Å². The molecule has 0 N–H and O–H groups in total. The Morgan fingerprint density at radius 2 is 1.62 bits per heavy atom. The summed E-state index contributed by atoms with van der Waals surface area (Å²) in [4.78, 5) is 0. The van der Waals surface area contributed by atoms with Gasteiger partial charge in [-0.25, -0.2) is 23.9 Å². The van der Waals surface area contributed by atoms with E-state index in [0.29, 0.717) is 0 Å². The topological polar surface area (TPSA) is 0 Å². The molecule has 0 atom stereocenters. The monoisotopic (exact) mass is 480 g/mol. The van der Waals surface area contributed by atoms with E-state index in [4.69, 9.17) is 0 Å². The summed E-state index contributed by atoms with van der Waals surface area (Å²) in [5.74, 6) is 0. The van der Waals surface area contributed by atoms with E-state index in [9.17, 15) is 0 Å². The van der Waals surface area contributed by atoms with Crippen LogP contribution in [0.3, 0.4) is 0 Å². The SMILES string of the molecule is C[C](C)=[Zr+2].C[Si](C)(C)C=C[C-]=CC[Si](C)(C)C.Cl.Cl.[C-]1=CC=CC1. The third kappa shape index (κ3) is 43.4. The minimum atomic E-state index is -1.00. The molecule has 0 aliphatic heterocycles. The van der Waals surface area contributed by atoms with E-state index in [2.05, 4.69) is 89.2 Å². The van der Waals surface area contributed by atoms with Crippen molar-refractivity contribution >= 4 is 44.2 Å². The Morgan fingerprint density at radius 1 is 1.12 bits per heavy atom. The van der Waals surface area contributed by atoms with Crippen LogP contribution >= 0.6 is 24.8 Å². The fraction of sp³-hybridized carbons (Fsp3) is 0.526. The number of halogens is 2. The van der Waals surface area contributed by atoms with Crippen molar-refractivity contribution in [2.24, 2.45) is 0 Å². The van der Waals surface area contributed by atoms with Crippen LogP contribution in [-0.2, 0) is 24.2 Å². The van der Waals surface area contributed by atoms with Crippen molar-refractivity contribution in [3.63, 3.8) is 0 Å². The summed E-state index contributed by atoms with van der Waals surface area (Å²) in [6, 6.07) is 1.24. The van der Waals surface area contributed by atoms with E-state index < -0.39 is 16.1 Å². The van der Waals surface area contributed by atoms with Gasteiger partial charge in [0, 0.05) is 8.07 Å². The van der Waals surface area contributed by atoms with Crippen molar-refractivity contribution in [3.8, 4) is 0 Å². The van der Waals surface area contributed by atoms with Crippen molar-refractivity contribution in [2.45, 2.75) is 65.6 Å². The summed E-state index contributed by atoms with van der Waals surface area (Å²) >= 11 is 1.55. The minimum absolute atomic E-state index is 0. The van der Waals surface area contributed by atoms with E-state index in [1.165, 1.54) is 9.25 Å². The maximum atomic E-state index is 3.26. The Labute approximate surface area is 181 Å². The van der Waals surface area contributed by atoms with Crippen LogP contribution in [0.15, 0.2) is 36.1 Å². The van der Waals surface area contributed by atoms with Gasteiger partial charge in [0.2, 0.25) is 0 Å². The van der Waals surface area contributed by atoms with E-state index in [-0.39, 0.29) is 24.8 Å². The number of allylic oxidation sites excluding steroid dienone is 7. The molecule has 24 heavy (non-hydrogen) atoms. The van der Waals surface area contributed by atoms with Gasteiger partial charge in [-0.05, 0) is 8.07 Å². The van der Waals surface area contributed by atoms with Gasteiger partial charge in [-0.1, -0.05) is 45.3 Å². The quantitative estimate of drug-likeness (QED) is 0.230. The van der Waals surface area contributed by atoms with Crippen LogP contribution in [0.5, 0.6) is 0 Å². The second kappa shape index (κ2) is 18.5. The molecule has 0 nitrogen and oxygen atoms in total. The molecule has 5 heteroatoms. The van der Waals surface area contributed by atoms with Crippen molar-refractivity contribution in [1.29, 1.82) is 0 Å². The molecule has 138 valence electrons. The first-order chi connectivity index (χ1) is 9.94. The number of rotatable bonds is 4. The molecule has 1 aliphatic rings. The zero-order chi connectivity index (χ0) is 17.6. The molecule has 0 unspecified atom stereocenters. The van der Waals surface area contributed by atoms with Crippen LogP contribution in [0.4, 0.5) is 0 Å². The van der Waals surface area contributed by atoms with Gasteiger partial charge in [0.1, 0.15) is 0 Å². The molecule has 0 heterocycles. The second-order valence-corrected chi connectivity index (χ2v) is 20.9. The van der Waals surface area contributed by atoms with Crippen LogP contribution < -0.4 is 0 Å². The molecule has 0 radical (unpaired) electrons. The van der Waals surface area contributed by atoms with Crippen molar-refractivity contribution < 1.29 is 24.2 Å². The summed E-state index contributed by atoms with van der Waals surface area (Å²) in [5, 5.41) is 0. The van der Waals surface area contributed by atoms with Crippen LogP contribution in [0.25, 0.3) is 0 Å². The molecular formula is C19H36Cl2Si2Zr. The van der Waals surface area contributed by atoms with Gasteiger partial charge in [-0.15, -0.1) is 31.2 Å². The van der Waals surface area contributed by atoms with Crippen molar-refractivity contribution in [1.82, 2.24) is 0 Å². The molecule has 1 aliphatic carbocycles. The average Bonchev–Trinajstić information content (AvgIpc) is 2.82. The van der Waals surface area contributed by atoms with Crippen molar-refractivity contribution in [3.05, 3.63) is 48.2 Å². The summed E-state index contributed by atoms with van der Waals surface area (Å²) in [7, 11) is -1.90. The Kier molecular flexibility index (Phi) is 25.0. The van der Waals surface area contributed by atoms with Crippen LogP contribution in [0, 0.1) is 12.2 Å². The van der Waals surface area contributed by atoms with Crippen LogP contribution in [0.1, 0.15) is 20.3 Å². The molecule has 0 aromatic rings. The predicted octanol–water partition coefficient (Wildman–Crippen LogP) is 7.01. The minimum Gasteiger partial charge on any atom is -0.273 e. The van der Waals surface area contributed by atoms with Gasteiger partial charge in [0.25, 0.3) is 0 Å². The maximum Gasteiger partial charge on any atom is 0.0465 e. The largest absolute Gasteiger partial charge is 0.273 e. The number of hydrogen-bond acceptors (Lipinski definition) is 0. The Hall–Kier alpha value is 0.727. The first-order valence-corrected chi connectivity index (χ1v) is 16.4. The molecule has 0 bridgehead atoms. The van der Waals surface area contributed by atoms with E-state index in [0.717, 1.165) is 6.42 Å². The van der Waals surface area contributed by atoms with Crippen molar-refractivity contribution in [2.75, 3.05) is 0 Å². The Bertz CT molecular complexity index is 398. The molecule has 0 saturated carbocycles. The van der Waals surface area contributed by atoms with Gasteiger partial charge in [-0.3, -0.25) is 12.2 Å². The van der Waals surface area contributed by atoms with Gasteiger partial charge in [-0.2, -0.15) is 12.2 Å². The van der Waals surface area contributed by atoms with Gasteiger partial charge >= 0.3 is 41.3 Å². The molecule has 1 rings (SSSR count). The summed E-state index contributed by atoms with van der Waals surface area (Å²) in [6.45, 7) is 18.4. The first kappa shape index (κ1) is 32.4. The predicted molar refractivity (Wildman–Crippen MR) is 121 cm³/mol. The molecule has 0 spiro atoms. The fourth-order valence-corrected chi connectivity index (χ4v) is 2.40. The average molecular weight is 483 g/mol. The fourth-order valence-electron chi connectivity index (χ4n) is 1.07. The zero-order valence-electron chi connectivity index (χ0n) is 16.7. The number of hydrogen-bond donors (Lipinski definition) is 0. The van der Waals surface area contributed by atoms with E-state index in [1.54, 1.807) is 24.2 Å². The van der Waals surface area contributed by atoms with Gasteiger partial charge in [0.15, 0.2) is 0 Å². The third-order valence-corrected chi connectivity index (χ3v) is 4.69. The zero-order valence-corrected chi connectivity index (χ0v) is 22.8. The Balaban J connectivity index is -0.000000150. The molecular weight excluding hydrogens is 447 g/mol. The normalized spacial score (nSPS) is 12.8. The summed E-state index contributed by atoms with van der Waals surface area (Å²) < 4.78 is 1.51. The summed E-state index contributed by atoms with van der Waals surface area (Å²) in [6.07, 6.45) is 17.6. The molecule has 0 aromatic carbocycles. The smallest absolute Gasteiger partial charge is 0.0465 e. The van der Waals surface area contributed by atoms with E-state index >= 15 is 0 Å². The molecule has 0 saturated heterocycles. The van der Waals surface area contributed by atoms with Crippen LogP contribution in [0.2, 0.25) is 45.3 Å². The van der Waals surface area contributed by atoms with Gasteiger partial charge in [0.05, 0.1) is 0 Å². The molecule has 0 amide bonds. The Morgan fingerprint density at radius 3 is 1.88 bits per heavy atom. The van der Waals surface area contributed by atoms with Crippen LogP contribution in [-0.4, -0.2) is 19.4 Å². The third-order valence-electron chi connectivity index (χ3n) is 2.10. The standard InChI is InChI=1S/C11H23Si2.C5H5.C3H6.2ClH.Zr/c1-12(2,3)10-8-7-9-11-13(4,5)6;1-2-4-5-3-1;1-3-2;;;/h8-10H,11H2,1-6H3;1-3H,4H2;1-2H3;2*1H;/q2*-1;;;;+2. The second-order valence-electron chi connectivity index (χ2n) is 7.84.